The molecule has 2 fully saturated rings. The number of hydrogen-bond donors (Lipinski definition) is 2. The number of piperidine rings is 1. The van der Waals surface area contributed by atoms with Crippen LogP contribution in [-0.4, -0.2) is 58.9 Å². The van der Waals surface area contributed by atoms with Gasteiger partial charge in [0.25, 0.3) is 0 Å². The molecule has 2 aliphatic heterocycles. The average molecular weight is 392 g/mol. The molecule has 2 aromatic rings. The number of fused-ring (bicyclic) bond motifs is 1. The van der Waals surface area contributed by atoms with Gasteiger partial charge in [-0.2, -0.15) is 0 Å². The van der Waals surface area contributed by atoms with E-state index in [0.717, 1.165) is 44.5 Å². The lowest BCUT2D eigenvalue weighted by molar-refractivity contribution is -0.164. The van der Waals surface area contributed by atoms with E-state index in [1.165, 1.54) is 11.1 Å². The Balaban J connectivity index is 1.39. The maximum Gasteiger partial charge on any atom is 0.240 e. The molecular weight excluding hydrogens is 364 g/mol. The summed E-state index contributed by atoms with van der Waals surface area (Å²) in [5.74, 6) is -0.157. The summed E-state index contributed by atoms with van der Waals surface area (Å²) in [7, 11) is 0. The van der Waals surface area contributed by atoms with Crippen molar-refractivity contribution in [1.82, 2.24) is 4.90 Å². The Morgan fingerprint density at radius 3 is 1.97 bits per heavy atom. The molecule has 5 heteroatoms. The quantitative estimate of drug-likeness (QED) is 0.782. The Bertz CT molecular complexity index is 876. The van der Waals surface area contributed by atoms with Crippen molar-refractivity contribution in [2.24, 2.45) is 5.41 Å². The van der Waals surface area contributed by atoms with Gasteiger partial charge in [0.1, 0.15) is 5.41 Å². The minimum absolute atomic E-state index is 0.157. The van der Waals surface area contributed by atoms with Crippen LogP contribution in [0.15, 0.2) is 54.6 Å². The molecule has 0 bridgehead atoms. The molecule has 5 rings (SSSR count). The summed E-state index contributed by atoms with van der Waals surface area (Å²) in [6.45, 7) is 1.13. The van der Waals surface area contributed by atoms with E-state index in [1.54, 1.807) is 0 Å². The molecule has 152 valence electrons. The molecule has 5 nitrogen and oxygen atoms in total. The fourth-order valence-electron chi connectivity index (χ4n) is 5.94. The molecule has 1 amide bonds. The summed E-state index contributed by atoms with van der Waals surface area (Å²) >= 11 is 0. The number of aliphatic hydroxyl groups is 2. The van der Waals surface area contributed by atoms with Crippen LogP contribution < -0.4 is 4.90 Å². The van der Waals surface area contributed by atoms with E-state index >= 15 is 0 Å². The van der Waals surface area contributed by atoms with Crippen molar-refractivity contribution >= 4 is 11.6 Å². The molecule has 29 heavy (non-hydrogen) atoms. The molecule has 0 saturated carbocycles. The molecule has 1 aliphatic carbocycles. The Morgan fingerprint density at radius 2 is 1.41 bits per heavy atom. The Hall–Kier alpha value is -2.21. The van der Waals surface area contributed by atoms with Crippen molar-refractivity contribution < 1.29 is 15.0 Å². The van der Waals surface area contributed by atoms with Crippen molar-refractivity contribution in [3.63, 3.8) is 0 Å². The van der Waals surface area contributed by atoms with Crippen LogP contribution in [-0.2, 0) is 17.6 Å². The summed E-state index contributed by atoms with van der Waals surface area (Å²) < 4.78 is 0. The summed E-state index contributed by atoms with van der Waals surface area (Å²) in [5.41, 5.74) is 2.16. The number of nitrogens with zero attached hydrogens (tertiary/aromatic N) is 2. The van der Waals surface area contributed by atoms with Gasteiger partial charge in [0, 0.05) is 24.8 Å². The normalized spacial score (nSPS) is 23.2. The molecule has 3 aliphatic rings. The summed E-state index contributed by atoms with van der Waals surface area (Å²) in [6, 6.07) is 18.9. The van der Waals surface area contributed by atoms with E-state index in [-0.39, 0.29) is 19.1 Å². The molecule has 2 saturated heterocycles. The van der Waals surface area contributed by atoms with Crippen molar-refractivity contribution in [1.29, 1.82) is 0 Å². The predicted molar refractivity (Wildman–Crippen MR) is 112 cm³/mol. The monoisotopic (exact) mass is 392 g/mol. The van der Waals surface area contributed by atoms with Gasteiger partial charge in [0.2, 0.25) is 5.91 Å². The van der Waals surface area contributed by atoms with Crippen LogP contribution in [0.25, 0.3) is 0 Å². The third-order valence-electron chi connectivity index (χ3n) is 7.66. The Kier molecular flexibility index (Phi) is 4.50. The predicted octanol–water partition coefficient (Wildman–Crippen LogP) is 2.01. The molecule has 0 atom stereocenters. The van der Waals surface area contributed by atoms with Gasteiger partial charge in [0.15, 0.2) is 0 Å². The van der Waals surface area contributed by atoms with Gasteiger partial charge in [-0.05, 0) is 48.9 Å². The van der Waals surface area contributed by atoms with Crippen LogP contribution in [0, 0.1) is 5.41 Å². The van der Waals surface area contributed by atoms with E-state index in [1.807, 2.05) is 35.2 Å². The standard InChI is InChI=1S/C24H28N2O3/c27-16-23(17-28)22(29)26(20-8-2-1-3-9-20)24(23)10-12-25(13-11-24)21-14-18-6-4-5-7-19(18)15-21/h1-9,21,27-28H,10-17H2. The van der Waals surface area contributed by atoms with Crippen LogP contribution >= 0.6 is 0 Å². The van der Waals surface area contributed by atoms with Crippen LogP contribution in [0.3, 0.4) is 0 Å². The van der Waals surface area contributed by atoms with Crippen LogP contribution in [0.4, 0.5) is 5.69 Å². The highest BCUT2D eigenvalue weighted by molar-refractivity contribution is 6.08. The van der Waals surface area contributed by atoms with E-state index in [9.17, 15) is 15.0 Å². The van der Waals surface area contributed by atoms with Gasteiger partial charge in [-0.15, -0.1) is 0 Å². The fourth-order valence-corrected chi connectivity index (χ4v) is 5.94. The number of amides is 1. The largest absolute Gasteiger partial charge is 0.395 e. The number of carbonyl (C=O) groups excluding carboxylic acids is 1. The zero-order valence-corrected chi connectivity index (χ0v) is 16.6. The zero-order chi connectivity index (χ0) is 20.1. The Labute approximate surface area is 171 Å². The summed E-state index contributed by atoms with van der Waals surface area (Å²) in [4.78, 5) is 17.5. The first kappa shape index (κ1) is 18.8. The van der Waals surface area contributed by atoms with Gasteiger partial charge in [0.05, 0.1) is 18.8 Å². The molecule has 0 aromatic heterocycles. The smallest absolute Gasteiger partial charge is 0.240 e. The number of anilines is 1. The second-order valence-corrected chi connectivity index (χ2v) is 8.77. The van der Waals surface area contributed by atoms with Gasteiger partial charge < -0.3 is 15.1 Å². The maximum atomic E-state index is 13.1. The SMILES string of the molecule is O=C1N(c2ccccc2)C2(CCN(C3Cc4ccccc4C3)CC2)C1(CO)CO. The average Bonchev–Trinajstić information content (AvgIpc) is 3.20. The zero-order valence-electron chi connectivity index (χ0n) is 16.6. The lowest BCUT2D eigenvalue weighted by Crippen LogP contribution is -2.83. The molecule has 2 N–H and O–H groups in total. The second-order valence-electron chi connectivity index (χ2n) is 8.77. The third kappa shape index (κ3) is 2.54. The van der Waals surface area contributed by atoms with Crippen molar-refractivity contribution in [3.8, 4) is 0 Å². The third-order valence-corrected chi connectivity index (χ3v) is 7.66. The second kappa shape index (κ2) is 6.94. The summed E-state index contributed by atoms with van der Waals surface area (Å²) in [5, 5.41) is 20.3. The van der Waals surface area contributed by atoms with Gasteiger partial charge >= 0.3 is 0 Å². The first-order valence-corrected chi connectivity index (χ1v) is 10.6. The minimum atomic E-state index is -1.08. The number of likely N-dealkylation sites (tertiary alicyclic amines) is 1. The van der Waals surface area contributed by atoms with Gasteiger partial charge in [-0.3, -0.25) is 9.69 Å². The van der Waals surface area contributed by atoms with Crippen LogP contribution in [0.2, 0.25) is 0 Å². The highest BCUT2D eigenvalue weighted by Crippen LogP contribution is 2.55. The number of β-lactam (4-membered cyclic amide) rings is 1. The number of hydrogen-bond acceptors (Lipinski definition) is 4. The van der Waals surface area contributed by atoms with E-state index in [4.69, 9.17) is 0 Å². The van der Waals surface area contributed by atoms with E-state index in [2.05, 4.69) is 29.2 Å². The van der Waals surface area contributed by atoms with Gasteiger partial charge in [-0.25, -0.2) is 0 Å². The molecular formula is C24H28N2O3. The van der Waals surface area contributed by atoms with E-state index < -0.39 is 11.0 Å². The maximum absolute atomic E-state index is 13.1. The highest BCUT2D eigenvalue weighted by atomic mass is 16.3. The number of carbonyl (C=O) groups is 1. The Morgan fingerprint density at radius 1 is 0.862 bits per heavy atom. The molecule has 0 unspecified atom stereocenters. The van der Waals surface area contributed by atoms with E-state index in [0.29, 0.717) is 6.04 Å². The number of benzene rings is 2. The fraction of sp³-hybridized carbons (Fsp3) is 0.458. The molecule has 0 radical (unpaired) electrons. The van der Waals surface area contributed by atoms with Crippen molar-refractivity contribution in [2.75, 3.05) is 31.2 Å². The first-order chi connectivity index (χ1) is 14.1. The summed E-state index contributed by atoms with van der Waals surface area (Å²) in [6.07, 6.45) is 3.69. The number of para-hydroxylation sites is 1. The van der Waals surface area contributed by atoms with Crippen LogP contribution in [0.5, 0.6) is 0 Å². The number of aliphatic hydroxyl groups excluding tert-OH is 2. The van der Waals surface area contributed by atoms with Gasteiger partial charge in [-0.1, -0.05) is 42.5 Å². The number of rotatable bonds is 4. The minimum Gasteiger partial charge on any atom is -0.395 e. The lowest BCUT2D eigenvalue weighted by atomic mass is 9.56. The molecule has 2 heterocycles. The first-order valence-electron chi connectivity index (χ1n) is 10.6. The lowest BCUT2D eigenvalue weighted by Gasteiger charge is -2.66. The van der Waals surface area contributed by atoms with Crippen molar-refractivity contribution in [3.05, 3.63) is 65.7 Å². The topological polar surface area (TPSA) is 64.0 Å². The molecule has 2 aromatic carbocycles. The molecule has 1 spiro atoms. The highest BCUT2D eigenvalue weighted by Gasteiger charge is 2.71. The van der Waals surface area contributed by atoms with Crippen LogP contribution in [0.1, 0.15) is 24.0 Å². The van der Waals surface area contributed by atoms with Crippen molar-refractivity contribution in [2.45, 2.75) is 37.3 Å².